The van der Waals surface area contributed by atoms with Gasteiger partial charge in [-0.2, -0.15) is 0 Å². The summed E-state index contributed by atoms with van der Waals surface area (Å²) in [4.78, 5) is 19.1. The molecule has 2 radical (unpaired) electrons. The smallest absolute Gasteiger partial charge is 0.548 e. The van der Waals surface area contributed by atoms with Gasteiger partial charge in [-0.25, -0.2) is 0 Å². The fraction of sp³-hybridized carbons (Fsp3) is 0.667. The molecular weight excluding hydrogens is 403 g/mol. The predicted octanol–water partition coefficient (Wildman–Crippen LogP) is -6.27. The number of carbonyl (C=O) groups is 2. The van der Waals surface area contributed by atoms with Crippen LogP contribution in [0.15, 0.2) is 0 Å². The first-order chi connectivity index (χ1) is 6.36. The molecule has 8 nitrogen and oxygen atoms in total. The van der Waals surface area contributed by atoms with Crippen LogP contribution in [0, 0.1) is 0 Å². The Kier molecular flexibility index (Phi) is 15.8. The van der Waals surface area contributed by atoms with Crippen molar-refractivity contribution in [3.8, 4) is 0 Å². The summed E-state index contributed by atoms with van der Waals surface area (Å²) in [6.07, 6.45) is 0. The molecule has 0 aliphatic carbocycles. The summed E-state index contributed by atoms with van der Waals surface area (Å²) in [6, 6.07) is -2.47. The molecule has 0 aromatic heterocycles. The Morgan fingerprint density at radius 3 is 1.20 bits per heavy atom. The van der Waals surface area contributed by atoms with Crippen molar-refractivity contribution in [1.82, 2.24) is 0 Å². The van der Waals surface area contributed by atoms with Crippen LogP contribution in [0.25, 0.3) is 0 Å². The average molecular weight is 415 g/mol. The Morgan fingerprint density at radius 1 is 1.00 bits per heavy atom. The summed E-state index contributed by atoms with van der Waals surface area (Å²) in [7, 11) is 0. The van der Waals surface area contributed by atoms with Gasteiger partial charge >= 0.3 is 27.3 Å². The Bertz CT molecular complexity index is 170. The molecule has 0 saturated carbocycles. The van der Waals surface area contributed by atoms with Gasteiger partial charge in [0, 0.05) is 0 Å². The molecule has 86 valence electrons. The molecule has 0 fully saturated rings. The normalized spacial score (nSPS) is 12.5. The number of nitrogens with two attached hydrogens (primary N) is 2. The van der Waals surface area contributed by atoms with Crippen molar-refractivity contribution < 1.29 is 30.0 Å². The minimum absolute atomic E-state index is 0. The van der Waals surface area contributed by atoms with Crippen LogP contribution in [0.4, 0.5) is 0 Å². The quantitative estimate of drug-likeness (QED) is 0.328. The Labute approximate surface area is 106 Å². The molecule has 0 aliphatic heterocycles. The molecule has 0 aromatic carbocycles. The van der Waals surface area contributed by atoms with Crippen LogP contribution in [0.1, 0.15) is 0 Å². The number of rotatable bonds is 4. The van der Waals surface area contributed by atoms with E-state index in [0.29, 0.717) is 0 Å². The van der Waals surface area contributed by atoms with Crippen LogP contribution < -0.4 is 21.7 Å². The van der Waals surface area contributed by atoms with Gasteiger partial charge in [0.05, 0.1) is 37.2 Å². The third-order valence-electron chi connectivity index (χ3n) is 0.999. The van der Waals surface area contributed by atoms with E-state index in [0.717, 1.165) is 0 Å². The number of carboxylic acid groups (broad SMARTS) is 2. The first-order valence-electron chi connectivity index (χ1n) is 3.51. The van der Waals surface area contributed by atoms with Gasteiger partial charge in [0.2, 0.25) is 0 Å². The molecule has 0 heterocycles. The second-order valence-electron chi connectivity index (χ2n) is 2.22. The molecule has 0 aliphatic rings. The van der Waals surface area contributed by atoms with Crippen molar-refractivity contribution >= 4 is 39.2 Å². The summed E-state index contributed by atoms with van der Waals surface area (Å²) in [5.74, 6) is -2.86. The van der Waals surface area contributed by atoms with E-state index in [-0.39, 0.29) is 27.3 Å². The average Bonchev–Trinajstić information content (AvgIpc) is 2.15. The number of hydrogen-bond donors (Lipinski definition) is 4. The molecule has 0 aromatic rings. The second-order valence-corrected chi connectivity index (χ2v) is 2.22. The van der Waals surface area contributed by atoms with Crippen molar-refractivity contribution in [3.63, 3.8) is 0 Å². The van der Waals surface area contributed by atoms with Crippen LogP contribution in [0.2, 0.25) is 0 Å². The number of hydrogen-bond acceptors (Lipinski definition) is 8. The maximum Gasteiger partial charge on any atom is 2.00 e. The first kappa shape index (κ1) is 20.2. The Balaban J connectivity index is -0.000000180. The topological polar surface area (TPSA) is 173 Å². The number of aliphatic carboxylic acids is 2. The van der Waals surface area contributed by atoms with E-state index >= 15 is 0 Å². The second kappa shape index (κ2) is 11.8. The summed E-state index contributed by atoms with van der Waals surface area (Å²) < 4.78 is 0. The van der Waals surface area contributed by atoms with Gasteiger partial charge in [-0.1, -0.05) is 0 Å². The van der Waals surface area contributed by atoms with Gasteiger partial charge in [-0.05, 0) is 0 Å². The van der Waals surface area contributed by atoms with E-state index in [1.165, 1.54) is 0 Å². The minimum atomic E-state index is -1.43. The molecule has 0 bridgehead atoms. The van der Waals surface area contributed by atoms with Gasteiger partial charge in [0.25, 0.3) is 0 Å². The Morgan fingerprint density at radius 2 is 1.20 bits per heavy atom. The molecule has 2 atom stereocenters. The zero-order chi connectivity index (χ0) is 11.7. The molecule has 0 saturated heterocycles. The van der Waals surface area contributed by atoms with Gasteiger partial charge in [0.1, 0.15) is 0 Å². The minimum Gasteiger partial charge on any atom is -0.548 e. The van der Waals surface area contributed by atoms with E-state index in [9.17, 15) is 19.8 Å². The fourth-order valence-electron chi connectivity index (χ4n) is 0.149. The maximum absolute atomic E-state index is 9.53. The van der Waals surface area contributed by atoms with Crippen molar-refractivity contribution in [3.05, 3.63) is 0 Å². The summed E-state index contributed by atoms with van der Waals surface area (Å²) in [5.41, 5.74) is 9.41. The van der Waals surface area contributed by atoms with Crippen LogP contribution >= 0.6 is 0 Å². The van der Waals surface area contributed by atoms with Gasteiger partial charge in [0.15, 0.2) is 0 Å². The fourth-order valence-corrected chi connectivity index (χ4v) is 0.149. The molecular formula is C6H12N2O6Pb. The third-order valence-corrected chi connectivity index (χ3v) is 0.999. The summed E-state index contributed by atoms with van der Waals surface area (Å²) >= 11 is 0. The summed E-state index contributed by atoms with van der Waals surface area (Å²) in [6.45, 7) is -1.13. The van der Waals surface area contributed by atoms with E-state index in [1.54, 1.807) is 0 Å². The van der Waals surface area contributed by atoms with Crippen LogP contribution in [-0.2, 0) is 9.59 Å². The zero-order valence-corrected chi connectivity index (χ0v) is 11.6. The number of aliphatic hydroxyl groups excluding tert-OH is 2. The maximum atomic E-state index is 9.53. The number of carbonyl (C=O) groups excluding carboxylic acids is 2. The van der Waals surface area contributed by atoms with E-state index in [4.69, 9.17) is 21.7 Å². The monoisotopic (exact) mass is 416 g/mol. The molecule has 0 unspecified atom stereocenters. The number of carboxylic acids is 2. The van der Waals surface area contributed by atoms with Crippen molar-refractivity contribution in [2.24, 2.45) is 11.5 Å². The summed E-state index contributed by atoms with van der Waals surface area (Å²) in [5, 5.41) is 35.0. The molecule has 0 spiro atoms. The predicted molar refractivity (Wildman–Crippen MR) is 45.9 cm³/mol. The third kappa shape index (κ3) is 13.7. The van der Waals surface area contributed by atoms with E-state index in [2.05, 4.69) is 0 Å². The van der Waals surface area contributed by atoms with Crippen molar-refractivity contribution in [2.75, 3.05) is 13.2 Å². The van der Waals surface area contributed by atoms with Crippen molar-refractivity contribution in [1.29, 1.82) is 0 Å². The van der Waals surface area contributed by atoms with E-state index < -0.39 is 37.2 Å². The number of aliphatic hydroxyl groups is 2. The largest absolute Gasteiger partial charge is 2.00 e. The molecule has 0 rings (SSSR count). The van der Waals surface area contributed by atoms with Crippen LogP contribution in [0.3, 0.4) is 0 Å². The SMILES string of the molecule is N[C@@H](CO)C(=O)[O-].N[C@@H](CO)C(=O)[O-].[Pb+2]. The first-order valence-corrected chi connectivity index (χ1v) is 3.51. The van der Waals surface area contributed by atoms with Crippen molar-refractivity contribution in [2.45, 2.75) is 12.1 Å². The van der Waals surface area contributed by atoms with Gasteiger partial charge in [-0.15, -0.1) is 0 Å². The Hall–Kier alpha value is -0.298. The molecule has 6 N–H and O–H groups in total. The van der Waals surface area contributed by atoms with Crippen LogP contribution in [0.5, 0.6) is 0 Å². The molecule has 15 heavy (non-hydrogen) atoms. The van der Waals surface area contributed by atoms with Gasteiger partial charge < -0.3 is 41.5 Å². The standard InChI is InChI=1S/2C3H7NO3.Pb/c2*4-2(1-5)3(6)7;/h2*2,5H,1,4H2,(H,6,7);/q;;+2/p-2/t2*2-;/m00./s1. The van der Waals surface area contributed by atoms with Crippen LogP contribution in [-0.4, -0.2) is 74.7 Å². The molecule has 9 heteroatoms. The van der Waals surface area contributed by atoms with Gasteiger partial charge in [-0.3, -0.25) is 0 Å². The molecule has 0 amide bonds. The zero-order valence-electron chi connectivity index (χ0n) is 7.75. The van der Waals surface area contributed by atoms with E-state index in [1.807, 2.05) is 0 Å².